The van der Waals surface area contributed by atoms with Gasteiger partial charge >= 0.3 is 0 Å². The maximum atomic E-state index is 9.30. The Kier molecular flexibility index (Phi) is 5.64. The first-order valence-corrected chi connectivity index (χ1v) is 8.06. The summed E-state index contributed by atoms with van der Waals surface area (Å²) in [4.78, 5) is 0. The second-order valence-corrected chi connectivity index (χ2v) is 6.17. The Morgan fingerprint density at radius 2 is 2.00 bits per heavy atom. The van der Waals surface area contributed by atoms with E-state index in [9.17, 15) is 5.26 Å². The molecular formula is C18H26N2O. The summed E-state index contributed by atoms with van der Waals surface area (Å²) >= 11 is 0. The van der Waals surface area contributed by atoms with Crippen LogP contribution in [0.15, 0.2) is 24.3 Å². The topological polar surface area (TPSA) is 45.0 Å². The normalized spacial score (nSPS) is 17.0. The van der Waals surface area contributed by atoms with Crippen molar-refractivity contribution in [1.29, 1.82) is 5.26 Å². The van der Waals surface area contributed by atoms with Gasteiger partial charge in [0.15, 0.2) is 0 Å². The molecule has 1 aromatic carbocycles. The zero-order valence-corrected chi connectivity index (χ0v) is 13.2. The molecule has 0 amide bonds. The van der Waals surface area contributed by atoms with E-state index >= 15 is 0 Å². The SMILES string of the molecule is CCc1ccc(OCCCCC(C)(C#N)NC2CC2)cc1. The minimum Gasteiger partial charge on any atom is -0.494 e. The Hall–Kier alpha value is -1.53. The van der Waals surface area contributed by atoms with Crippen molar-refractivity contribution in [1.82, 2.24) is 5.32 Å². The number of ether oxygens (including phenoxy) is 1. The van der Waals surface area contributed by atoms with Gasteiger partial charge < -0.3 is 4.74 Å². The molecule has 114 valence electrons. The molecule has 1 atom stereocenters. The highest BCUT2D eigenvalue weighted by Gasteiger charge is 2.31. The number of hydrogen-bond acceptors (Lipinski definition) is 3. The Morgan fingerprint density at radius 3 is 2.57 bits per heavy atom. The van der Waals surface area contributed by atoms with E-state index in [0.29, 0.717) is 6.04 Å². The molecule has 0 radical (unpaired) electrons. The number of aryl methyl sites for hydroxylation is 1. The van der Waals surface area contributed by atoms with Crippen LogP contribution in [0.2, 0.25) is 0 Å². The number of nitriles is 1. The van der Waals surface area contributed by atoms with Gasteiger partial charge in [0.2, 0.25) is 0 Å². The largest absolute Gasteiger partial charge is 0.494 e. The van der Waals surface area contributed by atoms with Crippen molar-refractivity contribution < 1.29 is 4.74 Å². The Labute approximate surface area is 128 Å². The standard InChI is InChI=1S/C18H26N2O/c1-3-15-6-10-17(11-7-15)21-13-5-4-12-18(2,14-19)20-16-8-9-16/h6-7,10-11,16,20H,3-5,8-9,12-13H2,1-2H3. The first-order chi connectivity index (χ1) is 10.1. The third kappa shape index (κ3) is 5.40. The zero-order valence-electron chi connectivity index (χ0n) is 13.2. The lowest BCUT2D eigenvalue weighted by atomic mass is 9.96. The van der Waals surface area contributed by atoms with Crippen molar-refractivity contribution in [3.05, 3.63) is 29.8 Å². The minimum absolute atomic E-state index is 0.371. The fourth-order valence-corrected chi connectivity index (χ4v) is 2.43. The van der Waals surface area contributed by atoms with E-state index in [2.05, 4.69) is 30.4 Å². The molecule has 0 heterocycles. The van der Waals surface area contributed by atoms with Crippen LogP contribution in [0.3, 0.4) is 0 Å². The highest BCUT2D eigenvalue weighted by Crippen LogP contribution is 2.24. The van der Waals surface area contributed by atoms with Gasteiger partial charge in [-0.25, -0.2) is 0 Å². The van der Waals surface area contributed by atoms with Gasteiger partial charge in [-0.05, 0) is 63.1 Å². The lowest BCUT2D eigenvalue weighted by Crippen LogP contribution is -2.42. The van der Waals surface area contributed by atoms with Crippen molar-refractivity contribution in [2.45, 2.75) is 64.0 Å². The fraction of sp³-hybridized carbons (Fsp3) is 0.611. The number of nitrogens with zero attached hydrogens (tertiary/aromatic N) is 1. The predicted octanol–water partition coefficient (Wildman–Crippen LogP) is 3.83. The van der Waals surface area contributed by atoms with Crippen LogP contribution in [0.1, 0.15) is 51.5 Å². The van der Waals surface area contributed by atoms with Crippen molar-refractivity contribution >= 4 is 0 Å². The number of benzene rings is 1. The summed E-state index contributed by atoms with van der Waals surface area (Å²) in [5, 5.41) is 12.7. The van der Waals surface area contributed by atoms with Crippen LogP contribution in [0, 0.1) is 11.3 Å². The Morgan fingerprint density at radius 1 is 1.29 bits per heavy atom. The van der Waals surface area contributed by atoms with E-state index in [-0.39, 0.29) is 5.54 Å². The second-order valence-electron chi connectivity index (χ2n) is 6.17. The van der Waals surface area contributed by atoms with Crippen molar-refractivity contribution in [2.24, 2.45) is 0 Å². The van der Waals surface area contributed by atoms with E-state index in [1.807, 2.05) is 19.1 Å². The molecule has 1 fully saturated rings. The van der Waals surface area contributed by atoms with Gasteiger partial charge in [0.25, 0.3) is 0 Å². The average Bonchev–Trinajstić information content (AvgIpc) is 3.31. The van der Waals surface area contributed by atoms with Crippen LogP contribution < -0.4 is 10.1 Å². The van der Waals surface area contributed by atoms with Gasteiger partial charge in [0.1, 0.15) is 11.3 Å². The average molecular weight is 286 g/mol. The molecule has 0 aromatic heterocycles. The molecule has 1 saturated carbocycles. The van der Waals surface area contributed by atoms with E-state index in [0.717, 1.165) is 38.0 Å². The monoisotopic (exact) mass is 286 g/mol. The number of hydrogen-bond donors (Lipinski definition) is 1. The van der Waals surface area contributed by atoms with Crippen LogP contribution >= 0.6 is 0 Å². The van der Waals surface area contributed by atoms with Crippen molar-refractivity contribution in [3.63, 3.8) is 0 Å². The summed E-state index contributed by atoms with van der Waals surface area (Å²) in [6.45, 7) is 4.88. The van der Waals surface area contributed by atoms with Gasteiger partial charge in [-0.3, -0.25) is 5.32 Å². The van der Waals surface area contributed by atoms with E-state index in [1.165, 1.54) is 18.4 Å². The van der Waals surface area contributed by atoms with Crippen molar-refractivity contribution in [3.8, 4) is 11.8 Å². The molecule has 1 aromatic rings. The highest BCUT2D eigenvalue weighted by molar-refractivity contribution is 5.27. The van der Waals surface area contributed by atoms with Crippen LogP contribution in [-0.4, -0.2) is 18.2 Å². The molecule has 0 spiro atoms. The maximum Gasteiger partial charge on any atom is 0.119 e. The Balaban J connectivity index is 1.63. The molecule has 1 aliphatic rings. The molecule has 2 rings (SSSR count). The minimum atomic E-state index is -0.371. The molecule has 1 aliphatic carbocycles. The molecule has 3 nitrogen and oxygen atoms in total. The second kappa shape index (κ2) is 7.47. The summed E-state index contributed by atoms with van der Waals surface area (Å²) in [6, 6.07) is 11.3. The first-order valence-electron chi connectivity index (χ1n) is 8.06. The number of unbranched alkanes of at least 4 members (excludes halogenated alkanes) is 1. The Bertz CT molecular complexity index is 473. The molecule has 0 bridgehead atoms. The third-order valence-corrected chi connectivity index (χ3v) is 4.02. The van der Waals surface area contributed by atoms with Crippen LogP contribution in [0.25, 0.3) is 0 Å². The molecule has 21 heavy (non-hydrogen) atoms. The van der Waals surface area contributed by atoms with Gasteiger partial charge in [0.05, 0.1) is 12.7 Å². The summed E-state index contributed by atoms with van der Waals surface area (Å²) in [5.74, 6) is 0.936. The number of rotatable bonds is 9. The lowest BCUT2D eigenvalue weighted by molar-refractivity contribution is 0.295. The van der Waals surface area contributed by atoms with Gasteiger partial charge in [-0.2, -0.15) is 5.26 Å². The van der Waals surface area contributed by atoms with Gasteiger partial charge in [0, 0.05) is 6.04 Å². The smallest absolute Gasteiger partial charge is 0.119 e. The molecular weight excluding hydrogens is 260 g/mol. The lowest BCUT2D eigenvalue weighted by Gasteiger charge is -2.23. The molecule has 1 unspecified atom stereocenters. The van der Waals surface area contributed by atoms with E-state index in [1.54, 1.807) is 0 Å². The van der Waals surface area contributed by atoms with Gasteiger partial charge in [-0.1, -0.05) is 19.1 Å². The summed E-state index contributed by atoms with van der Waals surface area (Å²) in [7, 11) is 0. The van der Waals surface area contributed by atoms with Crippen LogP contribution in [0.4, 0.5) is 0 Å². The van der Waals surface area contributed by atoms with Crippen molar-refractivity contribution in [2.75, 3.05) is 6.61 Å². The summed E-state index contributed by atoms with van der Waals surface area (Å²) < 4.78 is 5.74. The third-order valence-electron chi connectivity index (χ3n) is 4.02. The van der Waals surface area contributed by atoms with E-state index < -0.39 is 0 Å². The van der Waals surface area contributed by atoms with E-state index in [4.69, 9.17) is 4.74 Å². The zero-order chi connectivity index (χ0) is 15.1. The fourth-order valence-electron chi connectivity index (χ4n) is 2.43. The van der Waals surface area contributed by atoms with Crippen LogP contribution in [-0.2, 0) is 6.42 Å². The molecule has 1 N–H and O–H groups in total. The quantitative estimate of drug-likeness (QED) is 0.702. The highest BCUT2D eigenvalue weighted by atomic mass is 16.5. The molecule has 0 saturated heterocycles. The maximum absolute atomic E-state index is 9.30. The molecule has 3 heteroatoms. The van der Waals surface area contributed by atoms with Gasteiger partial charge in [-0.15, -0.1) is 0 Å². The summed E-state index contributed by atoms with van der Waals surface area (Å²) in [5.41, 5.74) is 0.961. The first kappa shape index (κ1) is 15.9. The number of nitrogens with one attached hydrogen (secondary N) is 1. The predicted molar refractivity (Wildman–Crippen MR) is 85.3 cm³/mol. The van der Waals surface area contributed by atoms with Crippen LogP contribution in [0.5, 0.6) is 5.75 Å². The molecule has 0 aliphatic heterocycles. The summed E-state index contributed by atoms with van der Waals surface area (Å²) in [6.07, 6.45) is 6.37.